The van der Waals surface area contributed by atoms with Gasteiger partial charge in [0, 0.05) is 4.47 Å². The Labute approximate surface area is 145 Å². The van der Waals surface area contributed by atoms with Crippen LogP contribution in [0.2, 0.25) is 5.02 Å². The summed E-state index contributed by atoms with van der Waals surface area (Å²) in [5.41, 5.74) is 0. The molecule has 0 aliphatic rings. The Kier molecular flexibility index (Phi) is 4.78. The van der Waals surface area contributed by atoms with Crippen LogP contribution in [0.15, 0.2) is 46.9 Å². The molecule has 0 spiro atoms. The number of ether oxygens (including phenoxy) is 2. The zero-order chi connectivity index (χ0) is 16.2. The maximum absolute atomic E-state index is 6.13. The summed E-state index contributed by atoms with van der Waals surface area (Å²) in [4.78, 5) is 0. The molecular formula is C15H12BrClN4O2. The molecule has 0 aliphatic carbocycles. The van der Waals surface area contributed by atoms with Crippen molar-refractivity contribution in [3.63, 3.8) is 0 Å². The first kappa shape index (κ1) is 15.8. The average Bonchev–Trinajstić information content (AvgIpc) is 3.06. The molecule has 0 saturated carbocycles. The minimum Gasteiger partial charge on any atom is -0.483 e. The number of halogens is 2. The van der Waals surface area contributed by atoms with E-state index in [2.05, 4.69) is 36.6 Å². The zero-order valence-electron chi connectivity index (χ0n) is 12.0. The Morgan fingerprint density at radius 3 is 2.52 bits per heavy atom. The van der Waals surface area contributed by atoms with E-state index in [0.717, 1.165) is 4.47 Å². The van der Waals surface area contributed by atoms with Gasteiger partial charge < -0.3 is 9.47 Å². The second-order valence-electron chi connectivity index (χ2n) is 4.68. The number of hydrogen-bond acceptors (Lipinski definition) is 5. The predicted molar refractivity (Wildman–Crippen MR) is 88.9 cm³/mol. The molecule has 0 amide bonds. The second-order valence-corrected chi connectivity index (χ2v) is 6.00. The van der Waals surface area contributed by atoms with Gasteiger partial charge in [-0.25, -0.2) is 0 Å². The SMILES string of the molecule is CC(Oc1ccc(Oc2ccc(Br)cc2Cl)cc1)c1nn[nH]n1. The van der Waals surface area contributed by atoms with Crippen molar-refractivity contribution in [2.75, 3.05) is 0 Å². The van der Waals surface area contributed by atoms with Crippen molar-refractivity contribution in [1.82, 2.24) is 20.6 Å². The molecule has 1 unspecified atom stereocenters. The number of aromatic amines is 1. The highest BCUT2D eigenvalue weighted by Gasteiger charge is 2.12. The fraction of sp³-hybridized carbons (Fsp3) is 0.133. The van der Waals surface area contributed by atoms with Crippen molar-refractivity contribution in [1.29, 1.82) is 0 Å². The first-order chi connectivity index (χ1) is 11.1. The second kappa shape index (κ2) is 6.97. The third-order valence-corrected chi connectivity index (χ3v) is 3.77. The summed E-state index contributed by atoms with van der Waals surface area (Å²) in [5.74, 6) is 2.42. The minimum absolute atomic E-state index is 0.304. The molecule has 0 bridgehead atoms. The summed E-state index contributed by atoms with van der Waals surface area (Å²) in [6.07, 6.45) is -0.304. The molecule has 1 heterocycles. The monoisotopic (exact) mass is 394 g/mol. The Hall–Kier alpha value is -2.12. The summed E-state index contributed by atoms with van der Waals surface area (Å²) < 4.78 is 12.4. The molecule has 6 nitrogen and oxygen atoms in total. The van der Waals surface area contributed by atoms with Crippen molar-refractivity contribution < 1.29 is 9.47 Å². The molecule has 1 atom stereocenters. The number of tetrazole rings is 1. The molecule has 3 aromatic rings. The first-order valence-corrected chi connectivity index (χ1v) is 7.92. The third kappa shape index (κ3) is 4.00. The van der Waals surface area contributed by atoms with E-state index in [1.54, 1.807) is 36.4 Å². The molecule has 3 rings (SSSR count). The Bertz CT molecular complexity index is 781. The molecule has 23 heavy (non-hydrogen) atoms. The summed E-state index contributed by atoms with van der Waals surface area (Å²) in [5, 5.41) is 14.2. The van der Waals surface area contributed by atoms with Crippen LogP contribution in [0, 0.1) is 0 Å². The average molecular weight is 396 g/mol. The molecule has 118 valence electrons. The van der Waals surface area contributed by atoms with E-state index < -0.39 is 0 Å². The molecule has 1 N–H and O–H groups in total. The van der Waals surface area contributed by atoms with Crippen LogP contribution >= 0.6 is 27.5 Å². The van der Waals surface area contributed by atoms with E-state index in [1.165, 1.54) is 0 Å². The van der Waals surface area contributed by atoms with Gasteiger partial charge in [0.15, 0.2) is 6.10 Å². The van der Waals surface area contributed by atoms with Gasteiger partial charge in [0.25, 0.3) is 0 Å². The van der Waals surface area contributed by atoms with Crippen molar-refractivity contribution in [3.05, 3.63) is 57.8 Å². The van der Waals surface area contributed by atoms with Crippen LogP contribution in [0.4, 0.5) is 0 Å². The van der Waals surface area contributed by atoms with Gasteiger partial charge in [-0.15, -0.1) is 10.2 Å². The van der Waals surface area contributed by atoms with E-state index in [0.29, 0.717) is 28.1 Å². The minimum atomic E-state index is -0.304. The molecule has 0 aliphatic heterocycles. The number of hydrogen-bond donors (Lipinski definition) is 1. The largest absolute Gasteiger partial charge is 0.483 e. The molecule has 0 saturated heterocycles. The summed E-state index contributed by atoms with van der Waals surface area (Å²) >= 11 is 9.49. The number of aromatic nitrogens is 4. The van der Waals surface area contributed by atoms with Gasteiger partial charge in [-0.3, -0.25) is 0 Å². The lowest BCUT2D eigenvalue weighted by molar-refractivity contribution is 0.216. The maximum Gasteiger partial charge on any atom is 0.214 e. The van der Waals surface area contributed by atoms with Crippen molar-refractivity contribution in [3.8, 4) is 17.2 Å². The first-order valence-electron chi connectivity index (χ1n) is 6.75. The lowest BCUT2D eigenvalue weighted by Crippen LogP contribution is -2.05. The molecule has 0 fully saturated rings. The summed E-state index contributed by atoms with van der Waals surface area (Å²) in [6, 6.07) is 12.7. The van der Waals surface area contributed by atoms with Crippen LogP contribution in [0.25, 0.3) is 0 Å². The lowest BCUT2D eigenvalue weighted by atomic mass is 10.3. The number of nitrogens with zero attached hydrogens (tertiary/aromatic N) is 3. The van der Waals surface area contributed by atoms with Crippen LogP contribution in [-0.4, -0.2) is 20.6 Å². The summed E-state index contributed by atoms with van der Waals surface area (Å²) in [7, 11) is 0. The lowest BCUT2D eigenvalue weighted by Gasteiger charge is -2.12. The normalized spacial score (nSPS) is 12.0. The van der Waals surface area contributed by atoms with Gasteiger partial charge in [0.1, 0.15) is 17.2 Å². The quantitative estimate of drug-likeness (QED) is 0.686. The zero-order valence-corrected chi connectivity index (χ0v) is 14.4. The predicted octanol–water partition coefficient (Wildman–Crippen LogP) is 4.55. The number of benzene rings is 2. The Balaban J connectivity index is 1.67. The smallest absolute Gasteiger partial charge is 0.214 e. The molecule has 2 aromatic carbocycles. The van der Waals surface area contributed by atoms with Crippen LogP contribution in [0.3, 0.4) is 0 Å². The van der Waals surface area contributed by atoms with Crippen molar-refractivity contribution in [2.45, 2.75) is 13.0 Å². The van der Waals surface area contributed by atoms with E-state index in [-0.39, 0.29) is 6.10 Å². The molecule has 1 aromatic heterocycles. The molecule has 0 radical (unpaired) electrons. The molecule has 8 heteroatoms. The van der Waals surface area contributed by atoms with E-state index in [9.17, 15) is 0 Å². The maximum atomic E-state index is 6.13. The van der Waals surface area contributed by atoms with Crippen LogP contribution in [-0.2, 0) is 0 Å². The van der Waals surface area contributed by atoms with Gasteiger partial charge >= 0.3 is 0 Å². The highest BCUT2D eigenvalue weighted by molar-refractivity contribution is 9.10. The Morgan fingerprint density at radius 2 is 1.87 bits per heavy atom. The highest BCUT2D eigenvalue weighted by atomic mass is 79.9. The fourth-order valence-electron chi connectivity index (χ4n) is 1.87. The van der Waals surface area contributed by atoms with Gasteiger partial charge in [-0.2, -0.15) is 5.21 Å². The van der Waals surface area contributed by atoms with Crippen LogP contribution < -0.4 is 9.47 Å². The van der Waals surface area contributed by atoms with Gasteiger partial charge in [0.2, 0.25) is 5.82 Å². The van der Waals surface area contributed by atoms with E-state index in [1.807, 2.05) is 13.0 Å². The third-order valence-electron chi connectivity index (χ3n) is 2.98. The molecular weight excluding hydrogens is 384 g/mol. The number of H-pyrrole nitrogens is 1. The van der Waals surface area contributed by atoms with Gasteiger partial charge in [-0.05, 0) is 49.4 Å². The van der Waals surface area contributed by atoms with Crippen LogP contribution in [0.5, 0.6) is 17.2 Å². The van der Waals surface area contributed by atoms with Crippen molar-refractivity contribution in [2.24, 2.45) is 0 Å². The van der Waals surface area contributed by atoms with Gasteiger partial charge in [0.05, 0.1) is 5.02 Å². The van der Waals surface area contributed by atoms with E-state index in [4.69, 9.17) is 21.1 Å². The van der Waals surface area contributed by atoms with Crippen LogP contribution in [0.1, 0.15) is 18.9 Å². The Morgan fingerprint density at radius 1 is 1.13 bits per heavy atom. The fourth-order valence-corrected chi connectivity index (χ4v) is 2.58. The topological polar surface area (TPSA) is 72.9 Å². The van der Waals surface area contributed by atoms with Crippen molar-refractivity contribution >= 4 is 27.5 Å². The highest BCUT2D eigenvalue weighted by Crippen LogP contribution is 2.32. The summed E-state index contributed by atoms with van der Waals surface area (Å²) in [6.45, 7) is 1.84. The number of rotatable bonds is 5. The number of nitrogens with one attached hydrogen (secondary N) is 1. The van der Waals surface area contributed by atoms with E-state index >= 15 is 0 Å². The van der Waals surface area contributed by atoms with Gasteiger partial charge in [-0.1, -0.05) is 32.7 Å². The standard InChI is InChI=1S/C15H12BrClN4O2/c1-9(15-18-20-21-19-15)22-11-3-5-12(6-4-11)23-14-7-2-10(16)8-13(14)17/h2-9H,1H3,(H,18,19,20,21).